The van der Waals surface area contributed by atoms with E-state index in [9.17, 15) is 4.79 Å². The van der Waals surface area contributed by atoms with Crippen LogP contribution in [0.25, 0.3) is 0 Å². The first-order valence-corrected chi connectivity index (χ1v) is 4.94. The van der Waals surface area contributed by atoms with Gasteiger partial charge in [0.1, 0.15) is 5.60 Å². The zero-order chi connectivity index (χ0) is 11.0. The fourth-order valence-electron chi connectivity index (χ4n) is 1.01. The normalized spacial score (nSPS) is 11.4. The molecule has 84 valence electrons. The molecule has 0 radical (unpaired) electrons. The second kappa shape index (κ2) is 6.79. The van der Waals surface area contributed by atoms with Crippen LogP contribution < -0.4 is 0 Å². The highest BCUT2D eigenvalue weighted by Crippen LogP contribution is 2.10. The zero-order valence-corrected chi connectivity index (χ0v) is 9.21. The molecule has 0 fully saturated rings. The molecule has 0 atom stereocenters. The minimum atomic E-state index is -0.398. The first-order chi connectivity index (χ1) is 6.45. The molecular formula is C10H20O4. The molecule has 0 bridgehead atoms. The van der Waals surface area contributed by atoms with Crippen molar-refractivity contribution < 1.29 is 19.7 Å². The van der Waals surface area contributed by atoms with E-state index in [1.165, 1.54) is 0 Å². The summed E-state index contributed by atoms with van der Waals surface area (Å²) in [7, 11) is 0. The van der Waals surface area contributed by atoms with Gasteiger partial charge in [0.05, 0.1) is 6.61 Å². The summed E-state index contributed by atoms with van der Waals surface area (Å²) in [5.74, 6) is -0.164. The quantitative estimate of drug-likeness (QED) is 0.312. The summed E-state index contributed by atoms with van der Waals surface area (Å²) in [6.07, 6.45) is 2.83. The molecule has 4 nitrogen and oxygen atoms in total. The van der Waals surface area contributed by atoms with Gasteiger partial charge in [-0.05, 0) is 33.6 Å². The van der Waals surface area contributed by atoms with E-state index in [1.807, 2.05) is 20.8 Å². The molecule has 14 heavy (non-hydrogen) atoms. The van der Waals surface area contributed by atoms with Gasteiger partial charge in [-0.25, -0.2) is 4.89 Å². The van der Waals surface area contributed by atoms with Gasteiger partial charge < -0.3 is 4.74 Å². The monoisotopic (exact) mass is 204 g/mol. The molecule has 0 aliphatic heterocycles. The fourth-order valence-corrected chi connectivity index (χ4v) is 1.01. The molecule has 0 unspecified atom stereocenters. The number of ether oxygens (including phenoxy) is 1. The maximum Gasteiger partial charge on any atom is 0.306 e. The highest BCUT2D eigenvalue weighted by atomic mass is 17.1. The first-order valence-electron chi connectivity index (χ1n) is 4.94. The SMILES string of the molecule is CC(C)(C)OC(=O)CCCCCOO. The van der Waals surface area contributed by atoms with Gasteiger partial charge in [-0.2, -0.15) is 0 Å². The standard InChI is InChI=1S/C10H20O4/c1-10(2,3)14-9(11)7-5-4-6-8-13-12/h12H,4-8H2,1-3H3. The van der Waals surface area contributed by atoms with Crippen molar-refractivity contribution in [2.24, 2.45) is 0 Å². The van der Waals surface area contributed by atoms with E-state index in [4.69, 9.17) is 9.99 Å². The van der Waals surface area contributed by atoms with Crippen molar-refractivity contribution in [3.8, 4) is 0 Å². The molecule has 0 aromatic heterocycles. The van der Waals surface area contributed by atoms with Crippen LogP contribution in [0.4, 0.5) is 0 Å². The number of esters is 1. The van der Waals surface area contributed by atoms with Crippen LogP contribution in [-0.2, 0) is 14.4 Å². The van der Waals surface area contributed by atoms with Gasteiger partial charge in [-0.1, -0.05) is 6.42 Å². The fraction of sp³-hybridized carbons (Fsp3) is 0.900. The molecular weight excluding hydrogens is 184 g/mol. The lowest BCUT2D eigenvalue weighted by Crippen LogP contribution is -2.23. The topological polar surface area (TPSA) is 55.8 Å². The van der Waals surface area contributed by atoms with Gasteiger partial charge in [0.15, 0.2) is 0 Å². The molecule has 0 aromatic carbocycles. The molecule has 0 aliphatic rings. The van der Waals surface area contributed by atoms with Gasteiger partial charge in [-0.3, -0.25) is 10.1 Å². The summed E-state index contributed by atoms with van der Waals surface area (Å²) in [6, 6.07) is 0. The van der Waals surface area contributed by atoms with Crippen LogP contribution >= 0.6 is 0 Å². The summed E-state index contributed by atoms with van der Waals surface area (Å²) in [6.45, 7) is 5.88. The molecule has 0 spiro atoms. The molecule has 1 N–H and O–H groups in total. The van der Waals surface area contributed by atoms with E-state index in [2.05, 4.69) is 4.89 Å². The van der Waals surface area contributed by atoms with Crippen LogP contribution in [-0.4, -0.2) is 23.4 Å². The van der Waals surface area contributed by atoms with Gasteiger partial charge in [0.25, 0.3) is 0 Å². The summed E-state index contributed by atoms with van der Waals surface area (Å²) in [5, 5.41) is 8.04. The van der Waals surface area contributed by atoms with Crippen LogP contribution in [0.3, 0.4) is 0 Å². The van der Waals surface area contributed by atoms with Crippen molar-refractivity contribution in [1.82, 2.24) is 0 Å². The van der Waals surface area contributed by atoms with Crippen LogP contribution in [0.1, 0.15) is 46.5 Å². The Balaban J connectivity index is 3.36. The maximum absolute atomic E-state index is 11.2. The Morgan fingerprint density at radius 3 is 2.36 bits per heavy atom. The lowest BCUT2D eigenvalue weighted by atomic mass is 10.1. The number of hydrogen-bond donors (Lipinski definition) is 1. The Bertz CT molecular complexity index is 160. The van der Waals surface area contributed by atoms with Crippen molar-refractivity contribution in [2.45, 2.75) is 52.1 Å². The predicted octanol–water partition coefficient (Wildman–Crippen LogP) is 2.38. The molecule has 0 saturated heterocycles. The molecule has 0 rings (SSSR count). The Labute approximate surface area is 85.1 Å². The average molecular weight is 204 g/mol. The van der Waals surface area contributed by atoms with Crippen LogP contribution in [0.5, 0.6) is 0 Å². The molecule has 0 aliphatic carbocycles. The predicted molar refractivity (Wildman–Crippen MR) is 52.9 cm³/mol. The van der Waals surface area contributed by atoms with Crippen molar-refractivity contribution in [3.63, 3.8) is 0 Å². The second-order valence-electron chi connectivity index (χ2n) is 4.23. The first kappa shape index (κ1) is 13.4. The van der Waals surface area contributed by atoms with Crippen LogP contribution in [0.15, 0.2) is 0 Å². The molecule has 0 heterocycles. The Morgan fingerprint density at radius 1 is 1.21 bits per heavy atom. The smallest absolute Gasteiger partial charge is 0.306 e. The molecule has 4 heteroatoms. The van der Waals surface area contributed by atoms with Crippen molar-refractivity contribution in [2.75, 3.05) is 6.61 Å². The van der Waals surface area contributed by atoms with Gasteiger partial charge in [0.2, 0.25) is 0 Å². The largest absolute Gasteiger partial charge is 0.460 e. The van der Waals surface area contributed by atoms with Gasteiger partial charge in [0, 0.05) is 6.42 Å². The highest BCUT2D eigenvalue weighted by molar-refractivity contribution is 5.69. The third kappa shape index (κ3) is 9.48. The van der Waals surface area contributed by atoms with Crippen molar-refractivity contribution >= 4 is 5.97 Å². The second-order valence-corrected chi connectivity index (χ2v) is 4.23. The van der Waals surface area contributed by atoms with Crippen molar-refractivity contribution in [3.05, 3.63) is 0 Å². The van der Waals surface area contributed by atoms with E-state index >= 15 is 0 Å². The molecule has 0 saturated carbocycles. The van der Waals surface area contributed by atoms with Crippen molar-refractivity contribution in [1.29, 1.82) is 0 Å². The van der Waals surface area contributed by atoms with E-state index in [-0.39, 0.29) is 5.97 Å². The van der Waals surface area contributed by atoms with E-state index in [0.29, 0.717) is 13.0 Å². The van der Waals surface area contributed by atoms with Crippen LogP contribution in [0.2, 0.25) is 0 Å². The Hall–Kier alpha value is -0.610. The minimum absolute atomic E-state index is 0.164. The third-order valence-electron chi connectivity index (χ3n) is 1.54. The number of carbonyl (C=O) groups excluding carboxylic acids is 1. The number of hydrogen-bond acceptors (Lipinski definition) is 4. The van der Waals surface area contributed by atoms with Crippen LogP contribution in [0, 0.1) is 0 Å². The number of carbonyl (C=O) groups is 1. The minimum Gasteiger partial charge on any atom is -0.460 e. The molecule has 0 aromatic rings. The summed E-state index contributed by atoms with van der Waals surface area (Å²) in [5.41, 5.74) is -0.398. The Morgan fingerprint density at radius 2 is 1.86 bits per heavy atom. The van der Waals surface area contributed by atoms with E-state index < -0.39 is 5.60 Å². The zero-order valence-electron chi connectivity index (χ0n) is 9.21. The number of rotatable bonds is 6. The summed E-state index contributed by atoms with van der Waals surface area (Å²) >= 11 is 0. The maximum atomic E-state index is 11.2. The molecule has 0 amide bonds. The lowest BCUT2D eigenvalue weighted by molar-refractivity contribution is -0.242. The van der Waals surface area contributed by atoms with Gasteiger partial charge in [-0.15, -0.1) is 0 Å². The average Bonchev–Trinajstić information content (AvgIpc) is 2.00. The highest BCUT2D eigenvalue weighted by Gasteiger charge is 2.15. The number of unbranched alkanes of at least 4 members (excludes halogenated alkanes) is 2. The summed E-state index contributed by atoms with van der Waals surface area (Å²) < 4.78 is 5.12. The Kier molecular flexibility index (Phi) is 6.49. The van der Waals surface area contributed by atoms with E-state index in [1.54, 1.807) is 0 Å². The lowest BCUT2D eigenvalue weighted by Gasteiger charge is -2.19. The summed E-state index contributed by atoms with van der Waals surface area (Å²) in [4.78, 5) is 15.1. The van der Waals surface area contributed by atoms with E-state index in [0.717, 1.165) is 19.3 Å². The third-order valence-corrected chi connectivity index (χ3v) is 1.54. The van der Waals surface area contributed by atoms with Gasteiger partial charge >= 0.3 is 5.97 Å².